The number of hydrogen-bond donors (Lipinski definition) is 1. The van der Waals surface area contributed by atoms with Crippen molar-refractivity contribution < 1.29 is 0 Å². The molecule has 0 radical (unpaired) electrons. The van der Waals surface area contributed by atoms with E-state index in [1.807, 2.05) is 7.05 Å². The van der Waals surface area contributed by atoms with Gasteiger partial charge in [-0.2, -0.15) is 0 Å². The molecular formula is C17H23N3. The van der Waals surface area contributed by atoms with Gasteiger partial charge in [0.1, 0.15) is 0 Å². The SMILES string of the molecule is CNCC1CCCN(c2cc(C)nc3ccccc23)C1. The standard InChI is InChI=1S/C17H23N3/c1-13-10-17(15-7-3-4-8-16(15)19-13)20-9-5-6-14(12-20)11-18-2/h3-4,7-8,10,14,18H,5-6,9,11-12H2,1-2H3. The third kappa shape index (κ3) is 2.63. The number of aryl methyl sites for hydroxylation is 1. The second-order valence-corrected chi connectivity index (χ2v) is 5.81. The van der Waals surface area contributed by atoms with Crippen LogP contribution in [0.2, 0.25) is 0 Å². The maximum atomic E-state index is 4.65. The Balaban J connectivity index is 1.96. The normalized spacial score (nSPS) is 19.5. The number of nitrogens with zero attached hydrogens (tertiary/aromatic N) is 2. The highest BCUT2D eigenvalue weighted by molar-refractivity contribution is 5.92. The van der Waals surface area contributed by atoms with Crippen LogP contribution in [0.25, 0.3) is 10.9 Å². The van der Waals surface area contributed by atoms with E-state index < -0.39 is 0 Å². The van der Waals surface area contributed by atoms with E-state index in [9.17, 15) is 0 Å². The first-order valence-electron chi connectivity index (χ1n) is 7.54. The molecule has 0 aliphatic carbocycles. The van der Waals surface area contributed by atoms with E-state index in [0.717, 1.165) is 36.8 Å². The van der Waals surface area contributed by atoms with E-state index in [1.54, 1.807) is 0 Å². The van der Waals surface area contributed by atoms with E-state index >= 15 is 0 Å². The highest BCUT2D eigenvalue weighted by Crippen LogP contribution is 2.30. The lowest BCUT2D eigenvalue weighted by atomic mass is 9.97. The number of para-hydroxylation sites is 1. The Hall–Kier alpha value is -1.61. The van der Waals surface area contributed by atoms with Crippen molar-refractivity contribution in [3.05, 3.63) is 36.0 Å². The number of piperidine rings is 1. The monoisotopic (exact) mass is 269 g/mol. The molecule has 2 aromatic rings. The van der Waals surface area contributed by atoms with Crippen molar-refractivity contribution in [3.63, 3.8) is 0 Å². The Bertz CT molecular complexity index is 592. The number of anilines is 1. The molecule has 1 aromatic carbocycles. The molecule has 20 heavy (non-hydrogen) atoms. The Labute approximate surface area is 121 Å². The van der Waals surface area contributed by atoms with Crippen LogP contribution in [-0.2, 0) is 0 Å². The minimum absolute atomic E-state index is 0.751. The molecule has 0 saturated carbocycles. The van der Waals surface area contributed by atoms with Gasteiger partial charge in [0.2, 0.25) is 0 Å². The third-order valence-electron chi connectivity index (χ3n) is 4.17. The average molecular weight is 269 g/mol. The fourth-order valence-electron chi connectivity index (χ4n) is 3.29. The summed E-state index contributed by atoms with van der Waals surface area (Å²) in [6, 6.07) is 10.7. The Morgan fingerprint density at radius 1 is 1.35 bits per heavy atom. The lowest BCUT2D eigenvalue weighted by molar-refractivity contribution is 0.403. The molecule has 1 fully saturated rings. The number of pyridine rings is 1. The minimum atomic E-state index is 0.751. The molecule has 2 heterocycles. The van der Waals surface area contributed by atoms with Gasteiger partial charge in [0, 0.05) is 29.9 Å². The molecule has 1 aliphatic rings. The van der Waals surface area contributed by atoms with Crippen LogP contribution in [0.4, 0.5) is 5.69 Å². The highest BCUT2D eigenvalue weighted by Gasteiger charge is 2.21. The summed E-state index contributed by atoms with van der Waals surface area (Å²) in [5.74, 6) is 0.751. The predicted octanol–water partition coefficient (Wildman–Crippen LogP) is 2.98. The topological polar surface area (TPSA) is 28.2 Å². The lowest BCUT2D eigenvalue weighted by Crippen LogP contribution is -2.39. The zero-order valence-corrected chi connectivity index (χ0v) is 12.4. The quantitative estimate of drug-likeness (QED) is 0.928. The van der Waals surface area contributed by atoms with Crippen molar-refractivity contribution >= 4 is 16.6 Å². The zero-order valence-electron chi connectivity index (χ0n) is 12.4. The summed E-state index contributed by atoms with van der Waals surface area (Å²) in [7, 11) is 2.05. The van der Waals surface area contributed by atoms with Gasteiger partial charge in [0.15, 0.2) is 0 Å². The predicted molar refractivity (Wildman–Crippen MR) is 85.3 cm³/mol. The van der Waals surface area contributed by atoms with Crippen molar-refractivity contribution in [2.45, 2.75) is 19.8 Å². The highest BCUT2D eigenvalue weighted by atomic mass is 15.1. The molecule has 1 atom stereocenters. The van der Waals surface area contributed by atoms with Gasteiger partial charge in [-0.3, -0.25) is 4.98 Å². The molecule has 1 unspecified atom stereocenters. The molecule has 1 aliphatic heterocycles. The van der Waals surface area contributed by atoms with E-state index in [-0.39, 0.29) is 0 Å². The summed E-state index contributed by atoms with van der Waals surface area (Å²) in [4.78, 5) is 7.19. The summed E-state index contributed by atoms with van der Waals surface area (Å²) >= 11 is 0. The molecule has 106 valence electrons. The fourth-order valence-corrected chi connectivity index (χ4v) is 3.29. The van der Waals surface area contributed by atoms with Crippen molar-refractivity contribution in [1.29, 1.82) is 0 Å². The molecule has 3 heteroatoms. The first-order chi connectivity index (χ1) is 9.78. The lowest BCUT2D eigenvalue weighted by Gasteiger charge is -2.35. The van der Waals surface area contributed by atoms with Gasteiger partial charge in [-0.15, -0.1) is 0 Å². The maximum Gasteiger partial charge on any atom is 0.0726 e. The molecule has 1 N–H and O–H groups in total. The smallest absolute Gasteiger partial charge is 0.0726 e. The van der Waals surface area contributed by atoms with Crippen LogP contribution < -0.4 is 10.2 Å². The van der Waals surface area contributed by atoms with Gasteiger partial charge in [-0.25, -0.2) is 0 Å². The number of nitrogens with one attached hydrogen (secondary N) is 1. The molecular weight excluding hydrogens is 246 g/mol. The van der Waals surface area contributed by atoms with Gasteiger partial charge < -0.3 is 10.2 Å². The second-order valence-electron chi connectivity index (χ2n) is 5.81. The molecule has 0 bridgehead atoms. The summed E-state index contributed by atoms with van der Waals surface area (Å²) in [6.07, 6.45) is 2.61. The number of benzene rings is 1. The van der Waals surface area contributed by atoms with Gasteiger partial charge in [-0.05, 0) is 51.4 Å². The molecule has 0 spiro atoms. The van der Waals surface area contributed by atoms with Gasteiger partial charge in [-0.1, -0.05) is 18.2 Å². The number of hydrogen-bond acceptors (Lipinski definition) is 3. The van der Waals surface area contributed by atoms with Crippen molar-refractivity contribution in [3.8, 4) is 0 Å². The third-order valence-corrected chi connectivity index (χ3v) is 4.17. The van der Waals surface area contributed by atoms with E-state index in [0.29, 0.717) is 0 Å². The zero-order chi connectivity index (χ0) is 13.9. The van der Waals surface area contributed by atoms with Crippen LogP contribution in [0.3, 0.4) is 0 Å². The van der Waals surface area contributed by atoms with Crippen LogP contribution in [0, 0.1) is 12.8 Å². The maximum absolute atomic E-state index is 4.65. The number of rotatable bonds is 3. The van der Waals surface area contributed by atoms with Crippen molar-refractivity contribution in [2.75, 3.05) is 31.6 Å². The van der Waals surface area contributed by atoms with Crippen LogP contribution in [0.15, 0.2) is 30.3 Å². The minimum Gasteiger partial charge on any atom is -0.371 e. The molecule has 3 rings (SSSR count). The Kier molecular flexibility index (Phi) is 3.88. The Morgan fingerprint density at radius 2 is 2.20 bits per heavy atom. The average Bonchev–Trinajstić information content (AvgIpc) is 2.47. The first-order valence-corrected chi connectivity index (χ1v) is 7.54. The van der Waals surface area contributed by atoms with Crippen molar-refractivity contribution in [2.24, 2.45) is 5.92 Å². The molecule has 1 aromatic heterocycles. The van der Waals surface area contributed by atoms with Gasteiger partial charge >= 0.3 is 0 Å². The van der Waals surface area contributed by atoms with Gasteiger partial charge in [0.25, 0.3) is 0 Å². The number of fused-ring (bicyclic) bond motifs is 1. The van der Waals surface area contributed by atoms with Crippen LogP contribution in [0.5, 0.6) is 0 Å². The summed E-state index contributed by atoms with van der Waals surface area (Å²) in [6.45, 7) is 5.51. The van der Waals surface area contributed by atoms with E-state index in [4.69, 9.17) is 0 Å². The first kappa shape index (κ1) is 13.4. The van der Waals surface area contributed by atoms with Crippen molar-refractivity contribution in [1.82, 2.24) is 10.3 Å². The Morgan fingerprint density at radius 3 is 3.05 bits per heavy atom. The fraction of sp³-hybridized carbons (Fsp3) is 0.471. The summed E-state index contributed by atoms with van der Waals surface area (Å²) in [5, 5.41) is 4.60. The molecule has 3 nitrogen and oxygen atoms in total. The van der Waals surface area contributed by atoms with E-state index in [1.165, 1.54) is 23.9 Å². The van der Waals surface area contributed by atoms with Crippen LogP contribution in [-0.4, -0.2) is 31.7 Å². The van der Waals surface area contributed by atoms with E-state index in [2.05, 4.69) is 52.5 Å². The molecule has 0 amide bonds. The van der Waals surface area contributed by atoms with Crippen LogP contribution in [0.1, 0.15) is 18.5 Å². The van der Waals surface area contributed by atoms with Gasteiger partial charge in [0.05, 0.1) is 5.52 Å². The van der Waals surface area contributed by atoms with Crippen LogP contribution >= 0.6 is 0 Å². The summed E-state index contributed by atoms with van der Waals surface area (Å²) in [5.41, 5.74) is 3.57. The second kappa shape index (κ2) is 5.80. The molecule has 1 saturated heterocycles. The number of aromatic nitrogens is 1. The largest absolute Gasteiger partial charge is 0.371 e. The summed E-state index contributed by atoms with van der Waals surface area (Å²) < 4.78 is 0.